The minimum absolute atomic E-state index is 0.264. The summed E-state index contributed by atoms with van der Waals surface area (Å²) >= 11 is 0. The average molecular weight is 197 g/mol. The van der Waals surface area contributed by atoms with E-state index in [1.165, 1.54) is 6.42 Å². The summed E-state index contributed by atoms with van der Waals surface area (Å²) in [6.45, 7) is 6.87. The molecular formula is C11H19NO2. The van der Waals surface area contributed by atoms with E-state index in [4.69, 9.17) is 0 Å². The fourth-order valence-electron chi connectivity index (χ4n) is 1.56. The molecular weight excluding hydrogens is 178 g/mol. The summed E-state index contributed by atoms with van der Waals surface area (Å²) in [6.07, 6.45) is 3.24. The zero-order valence-corrected chi connectivity index (χ0v) is 9.30. The fourth-order valence-corrected chi connectivity index (χ4v) is 1.56. The van der Waals surface area contributed by atoms with Crippen molar-refractivity contribution in [1.82, 2.24) is 4.90 Å². The van der Waals surface area contributed by atoms with Gasteiger partial charge in [-0.3, -0.25) is 9.59 Å². The molecule has 0 saturated carbocycles. The summed E-state index contributed by atoms with van der Waals surface area (Å²) in [4.78, 5) is 25.1. The second-order valence-electron chi connectivity index (χ2n) is 4.93. The third kappa shape index (κ3) is 2.56. The van der Waals surface area contributed by atoms with Crippen LogP contribution in [0, 0.1) is 5.41 Å². The zero-order chi connectivity index (χ0) is 10.8. The molecule has 1 rings (SSSR count). The molecule has 0 spiro atoms. The van der Waals surface area contributed by atoms with Gasteiger partial charge in [-0.25, -0.2) is 0 Å². The molecule has 80 valence electrons. The van der Waals surface area contributed by atoms with Crippen LogP contribution in [-0.4, -0.2) is 29.7 Å². The Balaban J connectivity index is 2.60. The standard InChI is InChI=1S/C11H19NO2/c1-11(2,3)9(13)10(14)12-7-5-4-6-8-12/h4-8H2,1-3H3. The lowest BCUT2D eigenvalue weighted by Crippen LogP contribution is -2.44. The molecule has 1 heterocycles. The number of nitrogens with zero attached hydrogens (tertiary/aromatic N) is 1. The van der Waals surface area contributed by atoms with Crippen LogP contribution in [0.4, 0.5) is 0 Å². The lowest BCUT2D eigenvalue weighted by Gasteiger charge is -2.28. The Morgan fingerprint density at radius 2 is 1.50 bits per heavy atom. The summed E-state index contributed by atoms with van der Waals surface area (Å²) in [5, 5.41) is 0. The molecule has 0 bridgehead atoms. The van der Waals surface area contributed by atoms with Gasteiger partial charge in [0.15, 0.2) is 0 Å². The molecule has 0 N–H and O–H groups in total. The maximum atomic E-state index is 11.7. The van der Waals surface area contributed by atoms with E-state index in [1.807, 2.05) is 0 Å². The van der Waals surface area contributed by atoms with E-state index in [9.17, 15) is 9.59 Å². The summed E-state index contributed by atoms with van der Waals surface area (Å²) < 4.78 is 0. The number of carbonyl (C=O) groups is 2. The van der Waals surface area contributed by atoms with Gasteiger partial charge < -0.3 is 4.90 Å². The van der Waals surface area contributed by atoms with Gasteiger partial charge in [0.2, 0.25) is 5.78 Å². The summed E-state index contributed by atoms with van der Waals surface area (Å²) in [5.41, 5.74) is -0.547. The summed E-state index contributed by atoms with van der Waals surface area (Å²) in [7, 11) is 0. The van der Waals surface area contributed by atoms with Crippen molar-refractivity contribution >= 4 is 11.7 Å². The van der Waals surface area contributed by atoms with E-state index in [-0.39, 0.29) is 11.7 Å². The Morgan fingerprint density at radius 3 is 1.93 bits per heavy atom. The summed E-state index contributed by atoms with van der Waals surface area (Å²) in [5.74, 6) is -0.559. The highest BCUT2D eigenvalue weighted by Crippen LogP contribution is 2.18. The molecule has 0 aromatic heterocycles. The van der Waals surface area contributed by atoms with Crippen LogP contribution in [-0.2, 0) is 9.59 Å². The largest absolute Gasteiger partial charge is 0.336 e. The highest BCUT2D eigenvalue weighted by Gasteiger charge is 2.32. The van der Waals surface area contributed by atoms with Gasteiger partial charge in [-0.05, 0) is 19.3 Å². The Labute approximate surface area is 85.5 Å². The third-order valence-electron chi connectivity index (χ3n) is 2.52. The number of likely N-dealkylation sites (tertiary alicyclic amines) is 1. The van der Waals surface area contributed by atoms with Gasteiger partial charge >= 0.3 is 0 Å². The molecule has 0 aliphatic carbocycles. The SMILES string of the molecule is CC(C)(C)C(=O)C(=O)N1CCCCC1. The van der Waals surface area contributed by atoms with Crippen molar-refractivity contribution < 1.29 is 9.59 Å². The van der Waals surface area contributed by atoms with Crippen molar-refractivity contribution in [1.29, 1.82) is 0 Å². The second kappa shape index (κ2) is 4.11. The Morgan fingerprint density at radius 1 is 1.00 bits per heavy atom. The molecule has 1 saturated heterocycles. The topological polar surface area (TPSA) is 37.4 Å². The Kier molecular flexibility index (Phi) is 3.29. The van der Waals surface area contributed by atoms with Crippen molar-refractivity contribution in [3.05, 3.63) is 0 Å². The first-order valence-electron chi connectivity index (χ1n) is 5.26. The normalized spacial score (nSPS) is 18.1. The molecule has 14 heavy (non-hydrogen) atoms. The van der Waals surface area contributed by atoms with Gasteiger partial charge in [-0.15, -0.1) is 0 Å². The molecule has 0 aromatic rings. The van der Waals surface area contributed by atoms with Crippen molar-refractivity contribution in [2.75, 3.05) is 13.1 Å². The molecule has 0 atom stereocenters. The molecule has 0 radical (unpaired) electrons. The summed E-state index contributed by atoms with van der Waals surface area (Å²) in [6, 6.07) is 0. The highest BCUT2D eigenvalue weighted by atomic mass is 16.2. The fraction of sp³-hybridized carbons (Fsp3) is 0.818. The van der Waals surface area contributed by atoms with Crippen LogP contribution in [0.1, 0.15) is 40.0 Å². The van der Waals surface area contributed by atoms with Gasteiger partial charge in [0.25, 0.3) is 5.91 Å². The van der Waals surface area contributed by atoms with Gasteiger partial charge in [-0.1, -0.05) is 20.8 Å². The predicted octanol–water partition coefficient (Wildman–Crippen LogP) is 1.61. The Hall–Kier alpha value is -0.860. The van der Waals surface area contributed by atoms with Crippen LogP contribution < -0.4 is 0 Å². The number of rotatable bonds is 1. The minimum atomic E-state index is -0.547. The van der Waals surface area contributed by atoms with Crippen molar-refractivity contribution in [2.24, 2.45) is 5.41 Å². The van der Waals surface area contributed by atoms with Crippen LogP contribution in [0.5, 0.6) is 0 Å². The number of piperidine rings is 1. The minimum Gasteiger partial charge on any atom is -0.336 e. The number of carbonyl (C=O) groups excluding carboxylic acids is 2. The van der Waals surface area contributed by atoms with Gasteiger partial charge in [0.05, 0.1) is 0 Å². The quantitative estimate of drug-likeness (QED) is 0.599. The lowest BCUT2D eigenvalue weighted by molar-refractivity contribution is -0.149. The monoisotopic (exact) mass is 197 g/mol. The number of amides is 1. The Bertz CT molecular complexity index is 234. The van der Waals surface area contributed by atoms with Crippen LogP contribution in [0.2, 0.25) is 0 Å². The first kappa shape index (κ1) is 11.2. The van der Waals surface area contributed by atoms with Crippen molar-refractivity contribution in [2.45, 2.75) is 40.0 Å². The van der Waals surface area contributed by atoms with Gasteiger partial charge in [0, 0.05) is 18.5 Å². The van der Waals surface area contributed by atoms with E-state index in [0.717, 1.165) is 25.9 Å². The highest BCUT2D eigenvalue weighted by molar-refractivity contribution is 6.37. The van der Waals surface area contributed by atoms with E-state index in [1.54, 1.807) is 25.7 Å². The molecule has 1 aliphatic heterocycles. The van der Waals surface area contributed by atoms with Crippen molar-refractivity contribution in [3.8, 4) is 0 Å². The number of ketones is 1. The molecule has 1 aliphatic rings. The lowest BCUT2D eigenvalue weighted by atomic mass is 9.89. The first-order valence-corrected chi connectivity index (χ1v) is 5.26. The molecule has 1 amide bonds. The van der Waals surface area contributed by atoms with Crippen LogP contribution >= 0.6 is 0 Å². The van der Waals surface area contributed by atoms with Gasteiger partial charge in [-0.2, -0.15) is 0 Å². The smallest absolute Gasteiger partial charge is 0.290 e. The molecule has 0 aromatic carbocycles. The first-order chi connectivity index (χ1) is 6.43. The second-order valence-corrected chi connectivity index (χ2v) is 4.93. The van der Waals surface area contributed by atoms with Crippen LogP contribution in [0.15, 0.2) is 0 Å². The molecule has 0 unspecified atom stereocenters. The van der Waals surface area contributed by atoms with Crippen LogP contribution in [0.25, 0.3) is 0 Å². The van der Waals surface area contributed by atoms with Gasteiger partial charge in [0.1, 0.15) is 0 Å². The molecule has 3 heteroatoms. The maximum absolute atomic E-state index is 11.7. The maximum Gasteiger partial charge on any atom is 0.290 e. The third-order valence-corrected chi connectivity index (χ3v) is 2.52. The average Bonchev–Trinajstić information content (AvgIpc) is 2.15. The number of hydrogen-bond donors (Lipinski definition) is 0. The van der Waals surface area contributed by atoms with E-state index < -0.39 is 5.41 Å². The van der Waals surface area contributed by atoms with E-state index in [0.29, 0.717) is 0 Å². The van der Waals surface area contributed by atoms with Crippen molar-refractivity contribution in [3.63, 3.8) is 0 Å². The number of hydrogen-bond acceptors (Lipinski definition) is 2. The zero-order valence-electron chi connectivity index (χ0n) is 9.30. The van der Waals surface area contributed by atoms with E-state index >= 15 is 0 Å². The molecule has 3 nitrogen and oxygen atoms in total. The predicted molar refractivity (Wildman–Crippen MR) is 54.9 cm³/mol. The van der Waals surface area contributed by atoms with Crippen LogP contribution in [0.3, 0.4) is 0 Å². The molecule has 1 fully saturated rings. The number of Topliss-reactive ketones (excluding diaryl/α,β-unsaturated/α-hetero) is 1. The van der Waals surface area contributed by atoms with E-state index in [2.05, 4.69) is 0 Å².